The zero-order chi connectivity index (χ0) is 26.7. The van der Waals surface area contributed by atoms with Crippen LogP contribution in [0.1, 0.15) is 5.69 Å². The van der Waals surface area contributed by atoms with Gasteiger partial charge in [-0.15, -0.1) is 11.3 Å². The maximum Gasteiger partial charge on any atom is 0.419 e. The summed E-state index contributed by atoms with van der Waals surface area (Å²) in [6, 6.07) is -1.33. The van der Waals surface area contributed by atoms with Crippen LogP contribution in [0.5, 0.6) is 0 Å². The van der Waals surface area contributed by atoms with Crippen molar-refractivity contribution in [2.75, 3.05) is 24.8 Å². The number of oxime groups is 1. The number of aliphatic carboxylic acids is 1. The van der Waals surface area contributed by atoms with E-state index in [1.807, 2.05) is 0 Å². The van der Waals surface area contributed by atoms with Crippen LogP contribution in [0.15, 0.2) is 40.5 Å². The smallest absolute Gasteiger partial charge is 0.419 e. The molecule has 0 spiro atoms. The summed E-state index contributed by atoms with van der Waals surface area (Å²) >= 11 is -0.842. The van der Waals surface area contributed by atoms with E-state index in [2.05, 4.69) is 30.6 Å². The molecule has 0 aromatic carbocycles. The average Bonchev–Trinajstić information content (AvgIpc) is 3.56. The van der Waals surface area contributed by atoms with Gasteiger partial charge in [-0.3, -0.25) is 19.3 Å². The van der Waals surface area contributed by atoms with E-state index in [0.29, 0.717) is 6.41 Å². The minimum absolute atomic E-state index is 0.0343. The predicted molar refractivity (Wildman–Crippen MR) is 125 cm³/mol. The summed E-state index contributed by atoms with van der Waals surface area (Å²) < 4.78 is 19.1. The number of anilines is 1. The molecule has 2 aromatic heterocycles. The number of aromatic nitrogens is 3. The number of imidazole rings is 1. The lowest BCUT2D eigenvalue weighted by molar-refractivity contribution is -0.150. The minimum Gasteiger partial charge on any atom is -0.614 e. The van der Waals surface area contributed by atoms with Crippen LogP contribution < -0.4 is 10.6 Å². The first-order valence-electron chi connectivity index (χ1n) is 10.2. The van der Waals surface area contributed by atoms with Gasteiger partial charge >= 0.3 is 12.1 Å². The van der Waals surface area contributed by atoms with Crippen LogP contribution in [-0.4, -0.2) is 96.0 Å². The third-order valence-electron chi connectivity index (χ3n) is 5.11. The highest BCUT2D eigenvalue weighted by molar-refractivity contribution is 7.92. The van der Waals surface area contributed by atoms with Crippen LogP contribution in [0.3, 0.4) is 0 Å². The Morgan fingerprint density at radius 3 is 2.86 bits per heavy atom. The Labute approximate surface area is 214 Å². The van der Waals surface area contributed by atoms with E-state index in [4.69, 9.17) is 4.74 Å². The number of amides is 3. The number of hydrogen-bond donors (Lipinski definition) is 3. The molecule has 37 heavy (non-hydrogen) atoms. The second-order valence-electron chi connectivity index (χ2n) is 7.28. The predicted octanol–water partition coefficient (Wildman–Crippen LogP) is -1.30. The highest BCUT2D eigenvalue weighted by Crippen LogP contribution is 2.37. The van der Waals surface area contributed by atoms with Crippen molar-refractivity contribution in [1.29, 1.82) is 0 Å². The fraction of sp³-hybridized carbons (Fsp3) is 0.263. The second-order valence-corrected chi connectivity index (χ2v) is 9.67. The number of carboxylic acid groups (broad SMARTS) is 1. The molecule has 2 aliphatic rings. The van der Waals surface area contributed by atoms with Crippen molar-refractivity contribution in [2.24, 2.45) is 5.16 Å². The first-order valence-corrected chi connectivity index (χ1v) is 12.4. The molecule has 4 heterocycles. The van der Waals surface area contributed by atoms with Gasteiger partial charge in [0.05, 0.1) is 0 Å². The Hall–Kier alpha value is -4.29. The van der Waals surface area contributed by atoms with Crippen LogP contribution >= 0.6 is 11.3 Å². The normalized spacial score (nSPS) is 21.0. The van der Waals surface area contributed by atoms with Crippen LogP contribution in [0, 0.1) is 0 Å². The molecule has 16 nitrogen and oxygen atoms in total. The quantitative estimate of drug-likeness (QED) is 0.109. The molecule has 0 radical (unpaired) electrons. The number of rotatable bonds is 9. The van der Waals surface area contributed by atoms with Gasteiger partial charge in [-0.1, -0.05) is 5.16 Å². The van der Waals surface area contributed by atoms with E-state index in [-0.39, 0.29) is 27.9 Å². The number of β-lactam (4-membered cyclic amide) rings is 1. The number of carbonyl (C=O) groups excluding carboxylic acids is 4. The molecule has 1 fully saturated rings. The van der Waals surface area contributed by atoms with E-state index in [9.17, 15) is 33.6 Å². The standard InChI is InChI=1S/C19H17N7O9S2/c1-34-24-11(10-5-36-18(22-10)21-8-27)14(28)23-12-15(29)26-13(17(30)31)9(6-37(33)16(12)26)4-35-19(32)25-3-2-20-7-25/h2-3,5,7-8,12,16H,4,6H2,1H3,(H,23,28)(H,30,31)(H,21,22,27)/t12?,16-,37?/m0/s1. The molecule has 3 N–H and O–H groups in total. The summed E-state index contributed by atoms with van der Waals surface area (Å²) in [6.45, 7) is -0.524. The van der Waals surface area contributed by atoms with Gasteiger partial charge < -0.3 is 29.9 Å². The molecule has 0 bridgehead atoms. The Kier molecular flexibility index (Phi) is 7.50. The molecule has 4 rings (SSSR count). The number of ether oxygens (including phenoxy) is 1. The molecule has 3 atom stereocenters. The van der Waals surface area contributed by atoms with Gasteiger partial charge in [0.15, 0.2) is 16.9 Å². The Bertz CT molecular complexity index is 1310. The Morgan fingerprint density at radius 2 is 2.22 bits per heavy atom. The number of nitrogens with one attached hydrogen (secondary N) is 2. The molecular formula is C19H17N7O9S2. The molecule has 3 amide bonds. The minimum atomic E-state index is -1.85. The van der Waals surface area contributed by atoms with Crippen molar-refractivity contribution in [3.8, 4) is 0 Å². The number of thiazole rings is 1. The van der Waals surface area contributed by atoms with E-state index >= 15 is 0 Å². The SMILES string of the molecule is CON=C(C(=O)NC1C(=O)N2C(C(=O)O)=C(COC(=O)n3ccnc3)C[S+]([O-])[C@@H]12)c1csc(NC=O)n1. The summed E-state index contributed by atoms with van der Waals surface area (Å²) in [6.07, 6.45) is 3.40. The van der Waals surface area contributed by atoms with Gasteiger partial charge in [0.2, 0.25) is 11.8 Å². The number of hydrogen-bond acceptors (Lipinski definition) is 12. The fourth-order valence-electron chi connectivity index (χ4n) is 3.56. The average molecular weight is 552 g/mol. The summed E-state index contributed by atoms with van der Waals surface area (Å²) in [4.78, 5) is 73.6. The molecule has 18 heteroatoms. The van der Waals surface area contributed by atoms with Gasteiger partial charge in [0.1, 0.15) is 37.2 Å². The zero-order valence-corrected chi connectivity index (χ0v) is 20.4. The number of nitrogens with zero attached hydrogens (tertiary/aromatic N) is 5. The van der Waals surface area contributed by atoms with Crippen LogP contribution in [0.4, 0.5) is 9.93 Å². The number of fused-ring (bicyclic) bond motifs is 1. The fourth-order valence-corrected chi connectivity index (χ4v) is 5.88. The molecule has 0 saturated carbocycles. The first-order chi connectivity index (χ1) is 17.8. The Morgan fingerprint density at radius 1 is 1.43 bits per heavy atom. The third kappa shape index (κ3) is 5.01. The maximum atomic E-state index is 13.0. The first kappa shape index (κ1) is 25.8. The highest BCUT2D eigenvalue weighted by atomic mass is 32.2. The summed E-state index contributed by atoms with van der Waals surface area (Å²) in [5.41, 5.74) is -0.803. The molecule has 2 aliphatic heterocycles. The van der Waals surface area contributed by atoms with Gasteiger partial charge in [-0.25, -0.2) is 24.1 Å². The largest absolute Gasteiger partial charge is 0.614 e. The van der Waals surface area contributed by atoms with Crippen molar-refractivity contribution in [2.45, 2.75) is 11.4 Å². The molecule has 2 aromatic rings. The summed E-state index contributed by atoms with van der Waals surface area (Å²) in [7, 11) is 1.18. The number of carbonyl (C=O) groups is 5. The lowest BCUT2D eigenvalue weighted by atomic mass is 10.0. The molecule has 194 valence electrons. The van der Waals surface area contributed by atoms with Crippen LogP contribution in [0.25, 0.3) is 0 Å². The summed E-state index contributed by atoms with van der Waals surface area (Å²) in [5.74, 6) is -3.54. The highest BCUT2D eigenvalue weighted by Gasteiger charge is 2.61. The summed E-state index contributed by atoms with van der Waals surface area (Å²) in [5, 5.41) is 18.5. The van der Waals surface area contributed by atoms with E-state index < -0.39 is 58.8 Å². The van der Waals surface area contributed by atoms with E-state index in [1.165, 1.54) is 31.2 Å². The maximum absolute atomic E-state index is 13.0. The van der Waals surface area contributed by atoms with Crippen molar-refractivity contribution in [3.63, 3.8) is 0 Å². The van der Waals surface area contributed by atoms with Crippen LogP contribution in [-0.2, 0) is 39.9 Å². The molecule has 0 aliphatic carbocycles. The van der Waals surface area contributed by atoms with Crippen molar-refractivity contribution < 1.29 is 43.2 Å². The molecule has 2 unspecified atom stereocenters. The van der Waals surface area contributed by atoms with Gasteiger partial charge in [-0.2, -0.15) is 0 Å². The Balaban J connectivity index is 1.51. The monoisotopic (exact) mass is 551 g/mol. The van der Waals surface area contributed by atoms with E-state index in [1.54, 1.807) is 0 Å². The van der Waals surface area contributed by atoms with Crippen LogP contribution in [0.2, 0.25) is 0 Å². The van der Waals surface area contributed by atoms with Crippen molar-refractivity contribution in [1.82, 2.24) is 24.8 Å². The second kappa shape index (κ2) is 10.8. The van der Waals surface area contributed by atoms with Crippen molar-refractivity contribution >= 4 is 63.6 Å². The molecule has 1 saturated heterocycles. The lowest BCUT2D eigenvalue weighted by Crippen LogP contribution is -2.75. The number of carboxylic acids is 1. The van der Waals surface area contributed by atoms with Crippen molar-refractivity contribution in [3.05, 3.63) is 41.1 Å². The van der Waals surface area contributed by atoms with Gasteiger partial charge in [0.25, 0.3) is 11.8 Å². The lowest BCUT2D eigenvalue weighted by Gasteiger charge is -2.48. The van der Waals surface area contributed by atoms with Gasteiger partial charge in [0, 0.05) is 23.3 Å². The topological polar surface area (TPSA) is 217 Å². The third-order valence-corrected chi connectivity index (χ3v) is 7.53. The van der Waals surface area contributed by atoms with Gasteiger partial charge in [-0.05, 0) is 11.2 Å². The van der Waals surface area contributed by atoms with E-state index in [0.717, 1.165) is 20.8 Å². The molecular weight excluding hydrogens is 534 g/mol. The zero-order valence-electron chi connectivity index (χ0n) is 18.7.